The van der Waals surface area contributed by atoms with Crippen LogP contribution in [0, 0.1) is 11.8 Å². The van der Waals surface area contributed by atoms with Gasteiger partial charge in [-0.1, -0.05) is 43.5 Å². The van der Waals surface area contributed by atoms with E-state index in [9.17, 15) is 4.79 Å². The average molecular weight is 515 g/mol. The summed E-state index contributed by atoms with van der Waals surface area (Å²) < 4.78 is 8.20. The van der Waals surface area contributed by atoms with Crippen LogP contribution in [0.25, 0.3) is 16.8 Å². The van der Waals surface area contributed by atoms with E-state index in [1.807, 2.05) is 28.9 Å². The summed E-state index contributed by atoms with van der Waals surface area (Å²) in [5.41, 5.74) is 16.8. The van der Waals surface area contributed by atoms with E-state index in [0.29, 0.717) is 17.2 Å². The summed E-state index contributed by atoms with van der Waals surface area (Å²) in [7, 11) is 1.73. The molecule has 38 heavy (non-hydrogen) atoms. The monoisotopic (exact) mass is 514 g/mol. The Hall–Kier alpha value is -3.78. The number of nitrogens with two attached hydrogens (primary N) is 3. The van der Waals surface area contributed by atoms with Crippen molar-refractivity contribution in [2.75, 3.05) is 7.05 Å². The zero-order valence-corrected chi connectivity index (χ0v) is 22.2. The number of hydrogen-bond donors (Lipinski definition) is 3. The van der Waals surface area contributed by atoms with E-state index in [1.54, 1.807) is 19.4 Å². The molecule has 1 aromatic heterocycles. The SMILES string of the molecule is CC(Oc1cccc(-c2cccc(-n3ncc(C(N)=O)c3[C@@H]3CC3/C(N)=C/N(C)N)c2)c1)C1CCCCC1. The van der Waals surface area contributed by atoms with Crippen molar-refractivity contribution in [1.29, 1.82) is 0 Å². The lowest BCUT2D eigenvalue weighted by atomic mass is 9.86. The highest BCUT2D eigenvalue weighted by atomic mass is 16.5. The van der Waals surface area contributed by atoms with Gasteiger partial charge >= 0.3 is 0 Å². The Kier molecular flexibility index (Phi) is 7.42. The van der Waals surface area contributed by atoms with Gasteiger partial charge in [0.25, 0.3) is 5.91 Å². The first-order valence-corrected chi connectivity index (χ1v) is 13.5. The number of carbonyl (C=O) groups excluding carboxylic acids is 1. The maximum atomic E-state index is 12.3. The van der Waals surface area contributed by atoms with E-state index < -0.39 is 5.91 Å². The zero-order chi connectivity index (χ0) is 26.8. The Morgan fingerprint density at radius 2 is 1.82 bits per heavy atom. The predicted octanol–water partition coefficient (Wildman–Crippen LogP) is 4.69. The molecule has 3 atom stereocenters. The molecule has 2 aromatic carbocycles. The molecule has 2 unspecified atom stereocenters. The Bertz CT molecular complexity index is 1320. The molecule has 0 saturated heterocycles. The number of allylic oxidation sites excluding steroid dienone is 1. The first-order valence-electron chi connectivity index (χ1n) is 13.5. The summed E-state index contributed by atoms with van der Waals surface area (Å²) in [4.78, 5) is 12.3. The Morgan fingerprint density at radius 3 is 2.53 bits per heavy atom. The van der Waals surface area contributed by atoms with Crippen molar-refractivity contribution in [3.05, 3.63) is 77.9 Å². The van der Waals surface area contributed by atoms with Crippen LogP contribution in [0.2, 0.25) is 0 Å². The van der Waals surface area contributed by atoms with Crippen LogP contribution in [0.3, 0.4) is 0 Å². The van der Waals surface area contributed by atoms with Crippen LogP contribution in [0.5, 0.6) is 5.75 Å². The fourth-order valence-electron chi connectivity index (χ4n) is 5.79. The second-order valence-electron chi connectivity index (χ2n) is 10.8. The number of hydrogen-bond acceptors (Lipinski definition) is 6. The van der Waals surface area contributed by atoms with Gasteiger partial charge in [-0.15, -0.1) is 0 Å². The third kappa shape index (κ3) is 5.55. The molecular weight excluding hydrogens is 476 g/mol. The largest absolute Gasteiger partial charge is 0.490 e. The molecule has 2 aliphatic carbocycles. The van der Waals surface area contributed by atoms with Crippen molar-refractivity contribution in [3.63, 3.8) is 0 Å². The number of hydrazine groups is 1. The number of aromatic nitrogens is 2. The van der Waals surface area contributed by atoms with Gasteiger partial charge < -0.3 is 21.2 Å². The first kappa shape index (κ1) is 25.9. The molecule has 200 valence electrons. The van der Waals surface area contributed by atoms with Crippen molar-refractivity contribution >= 4 is 5.91 Å². The van der Waals surface area contributed by atoms with E-state index in [2.05, 4.69) is 36.3 Å². The quantitative estimate of drug-likeness (QED) is 0.281. The number of benzene rings is 2. The summed E-state index contributed by atoms with van der Waals surface area (Å²) >= 11 is 0. The third-order valence-electron chi connectivity index (χ3n) is 7.89. The van der Waals surface area contributed by atoms with Gasteiger partial charge in [0.15, 0.2) is 0 Å². The Labute approximate surface area is 224 Å². The number of rotatable bonds is 9. The molecule has 0 spiro atoms. The summed E-state index contributed by atoms with van der Waals surface area (Å²) in [6.07, 6.45) is 10.7. The van der Waals surface area contributed by atoms with Crippen LogP contribution in [0.15, 0.2) is 66.6 Å². The summed E-state index contributed by atoms with van der Waals surface area (Å²) in [6.45, 7) is 2.19. The van der Waals surface area contributed by atoms with Gasteiger partial charge in [-0.05, 0) is 67.5 Å². The van der Waals surface area contributed by atoms with Gasteiger partial charge in [-0.2, -0.15) is 5.10 Å². The Balaban J connectivity index is 1.41. The Morgan fingerprint density at radius 1 is 1.11 bits per heavy atom. The minimum absolute atomic E-state index is 0.0397. The number of amides is 1. The molecular formula is C30H38N6O2. The van der Waals surface area contributed by atoms with Gasteiger partial charge in [0.1, 0.15) is 5.75 Å². The molecule has 0 radical (unpaired) electrons. The van der Waals surface area contributed by atoms with Gasteiger partial charge in [0, 0.05) is 30.8 Å². The highest BCUT2D eigenvalue weighted by molar-refractivity contribution is 5.94. The normalized spacial score (nSPS) is 20.7. The lowest BCUT2D eigenvalue weighted by Crippen LogP contribution is -2.25. The van der Waals surface area contributed by atoms with Gasteiger partial charge in [-0.25, -0.2) is 10.5 Å². The number of nitrogens with zero attached hydrogens (tertiary/aromatic N) is 3. The zero-order valence-electron chi connectivity index (χ0n) is 22.2. The van der Waals surface area contributed by atoms with E-state index in [1.165, 1.54) is 37.1 Å². The average Bonchev–Trinajstić information content (AvgIpc) is 3.58. The van der Waals surface area contributed by atoms with Gasteiger partial charge in [0.05, 0.1) is 29.2 Å². The number of primary amides is 1. The van der Waals surface area contributed by atoms with Crippen LogP contribution in [0.1, 0.15) is 67.4 Å². The fourth-order valence-corrected chi connectivity index (χ4v) is 5.79. The molecule has 2 fully saturated rings. The van der Waals surface area contributed by atoms with Crippen molar-refractivity contribution in [3.8, 4) is 22.6 Å². The number of ether oxygens (including phenoxy) is 1. The second kappa shape index (κ2) is 10.9. The van der Waals surface area contributed by atoms with Crippen LogP contribution >= 0.6 is 0 Å². The molecule has 2 aliphatic rings. The molecule has 0 aliphatic heterocycles. The van der Waals surface area contributed by atoms with E-state index in [4.69, 9.17) is 22.0 Å². The van der Waals surface area contributed by atoms with Crippen molar-refractivity contribution < 1.29 is 9.53 Å². The maximum absolute atomic E-state index is 12.3. The van der Waals surface area contributed by atoms with E-state index in [-0.39, 0.29) is 17.9 Å². The number of carbonyl (C=O) groups is 1. The first-order chi connectivity index (χ1) is 18.3. The standard InChI is InChI=1S/C30H38N6O2/c1-19(20-8-4-3-5-9-20)38-24-13-7-11-22(15-24)21-10-6-12-23(14-21)36-29(27(17-34-36)30(32)37)26-16-25(26)28(31)18-35(2)33/h6-7,10-15,17-20,25-26H,3-5,8-9,16,31,33H2,1-2H3,(H2,32,37)/b28-18-/t19?,25?,26-/m1/s1. The molecule has 1 amide bonds. The summed E-state index contributed by atoms with van der Waals surface area (Å²) in [5.74, 6) is 6.87. The van der Waals surface area contributed by atoms with E-state index in [0.717, 1.165) is 34.7 Å². The molecule has 0 bridgehead atoms. The van der Waals surface area contributed by atoms with Crippen LogP contribution in [-0.2, 0) is 0 Å². The molecule has 2 saturated carbocycles. The lowest BCUT2D eigenvalue weighted by molar-refractivity contribution is 0.0999. The van der Waals surface area contributed by atoms with Crippen molar-refractivity contribution in [1.82, 2.24) is 14.8 Å². The smallest absolute Gasteiger partial charge is 0.252 e. The highest BCUT2D eigenvalue weighted by Crippen LogP contribution is 2.51. The van der Waals surface area contributed by atoms with Crippen LogP contribution < -0.4 is 22.0 Å². The molecule has 3 aromatic rings. The maximum Gasteiger partial charge on any atom is 0.252 e. The van der Waals surface area contributed by atoms with E-state index >= 15 is 0 Å². The highest BCUT2D eigenvalue weighted by Gasteiger charge is 2.44. The van der Waals surface area contributed by atoms with Crippen molar-refractivity contribution in [2.24, 2.45) is 29.1 Å². The fraction of sp³-hybridized carbons (Fsp3) is 0.400. The molecule has 6 N–H and O–H groups in total. The molecule has 8 heteroatoms. The minimum Gasteiger partial charge on any atom is -0.490 e. The van der Waals surface area contributed by atoms with Crippen molar-refractivity contribution in [2.45, 2.75) is 57.5 Å². The van der Waals surface area contributed by atoms with Crippen LogP contribution in [0.4, 0.5) is 0 Å². The topological polar surface area (TPSA) is 125 Å². The molecule has 8 nitrogen and oxygen atoms in total. The molecule has 5 rings (SSSR count). The summed E-state index contributed by atoms with van der Waals surface area (Å²) in [6, 6.07) is 16.4. The predicted molar refractivity (Wildman–Crippen MR) is 149 cm³/mol. The minimum atomic E-state index is -0.497. The van der Waals surface area contributed by atoms with Gasteiger partial charge in [0.2, 0.25) is 0 Å². The lowest BCUT2D eigenvalue weighted by Gasteiger charge is -2.28. The third-order valence-corrected chi connectivity index (χ3v) is 7.89. The summed E-state index contributed by atoms with van der Waals surface area (Å²) in [5, 5.41) is 6.00. The second-order valence-corrected chi connectivity index (χ2v) is 10.8. The van der Waals surface area contributed by atoms with Crippen LogP contribution in [-0.4, -0.2) is 33.8 Å². The van der Waals surface area contributed by atoms with Gasteiger partial charge in [-0.3, -0.25) is 4.79 Å². The molecule has 1 heterocycles.